The topological polar surface area (TPSA) is 42.7 Å². The Kier molecular flexibility index (Phi) is 5.74. The molecule has 1 atom stereocenters. The van der Waals surface area contributed by atoms with Crippen LogP contribution in [0, 0.1) is 0 Å². The number of aryl methyl sites for hydroxylation is 2. The Labute approximate surface area is 121 Å². The lowest BCUT2D eigenvalue weighted by atomic mass is 10.0. The second-order valence-corrected chi connectivity index (χ2v) is 5.10. The molecule has 0 aliphatic rings. The van der Waals surface area contributed by atoms with Gasteiger partial charge in [-0.05, 0) is 38.3 Å². The molecule has 4 nitrogen and oxygen atoms in total. The number of nitrogens with one attached hydrogen (secondary N) is 1. The van der Waals surface area contributed by atoms with Crippen molar-refractivity contribution in [1.82, 2.24) is 20.3 Å². The lowest BCUT2D eigenvalue weighted by Gasteiger charge is -2.17. The molecule has 0 aliphatic carbocycles. The molecule has 2 aromatic rings. The van der Waals surface area contributed by atoms with E-state index in [0.29, 0.717) is 6.04 Å². The van der Waals surface area contributed by atoms with Gasteiger partial charge >= 0.3 is 0 Å². The highest BCUT2D eigenvalue weighted by molar-refractivity contribution is 5.14. The molecule has 0 aliphatic heterocycles. The Balaban J connectivity index is 1.90. The first-order valence-electron chi connectivity index (χ1n) is 7.44. The summed E-state index contributed by atoms with van der Waals surface area (Å²) in [6, 6.07) is 11.0. The van der Waals surface area contributed by atoms with Gasteiger partial charge in [0.25, 0.3) is 0 Å². The zero-order valence-electron chi connectivity index (χ0n) is 12.4. The normalized spacial score (nSPS) is 12.5. The molecule has 1 aromatic heterocycles. The smallest absolute Gasteiger partial charge is 0.0756 e. The minimum Gasteiger partial charge on any atom is -0.312 e. The first-order valence-corrected chi connectivity index (χ1v) is 7.44. The van der Waals surface area contributed by atoms with E-state index in [0.717, 1.165) is 32.2 Å². The highest BCUT2D eigenvalue weighted by Gasteiger charge is 2.14. The zero-order valence-corrected chi connectivity index (χ0v) is 12.4. The molecule has 0 spiro atoms. The van der Waals surface area contributed by atoms with Crippen molar-refractivity contribution in [3.05, 3.63) is 47.8 Å². The van der Waals surface area contributed by atoms with Crippen LogP contribution < -0.4 is 5.32 Å². The number of benzene rings is 1. The van der Waals surface area contributed by atoms with Gasteiger partial charge in [0.15, 0.2) is 0 Å². The molecular formula is C16H24N4. The quantitative estimate of drug-likeness (QED) is 0.803. The van der Waals surface area contributed by atoms with E-state index in [1.165, 1.54) is 11.3 Å². The van der Waals surface area contributed by atoms with Crippen molar-refractivity contribution in [2.24, 2.45) is 0 Å². The fourth-order valence-electron chi connectivity index (χ4n) is 2.52. The van der Waals surface area contributed by atoms with Crippen LogP contribution in [0.5, 0.6) is 0 Å². The Morgan fingerprint density at radius 1 is 1.25 bits per heavy atom. The van der Waals surface area contributed by atoms with Crippen molar-refractivity contribution in [3.8, 4) is 0 Å². The molecule has 0 amide bonds. The Bertz CT molecular complexity index is 492. The molecule has 0 fully saturated rings. The third kappa shape index (κ3) is 3.90. The van der Waals surface area contributed by atoms with Crippen LogP contribution in [0.25, 0.3) is 0 Å². The van der Waals surface area contributed by atoms with Crippen molar-refractivity contribution in [2.45, 2.75) is 45.2 Å². The highest BCUT2D eigenvalue weighted by Crippen LogP contribution is 2.18. The third-order valence-electron chi connectivity index (χ3n) is 3.59. The summed E-state index contributed by atoms with van der Waals surface area (Å²) in [5, 5.41) is 11.6. The molecule has 0 saturated carbocycles. The SMILES string of the molecule is CCCn1nncc1C(CCCc1ccccc1)NC. The standard InChI is InChI=1S/C16H24N4/c1-3-12-20-16(13-18-19-20)15(17-2)11-7-10-14-8-5-4-6-9-14/h4-6,8-9,13,15,17H,3,7,10-12H2,1-2H3. The summed E-state index contributed by atoms with van der Waals surface area (Å²) in [6.07, 6.45) is 6.35. The lowest BCUT2D eigenvalue weighted by molar-refractivity contribution is 0.462. The van der Waals surface area contributed by atoms with Gasteiger partial charge in [0.2, 0.25) is 0 Å². The van der Waals surface area contributed by atoms with E-state index in [1.54, 1.807) is 0 Å². The summed E-state index contributed by atoms with van der Waals surface area (Å²) in [5.74, 6) is 0. The van der Waals surface area contributed by atoms with Gasteiger partial charge in [0.05, 0.1) is 17.9 Å². The van der Waals surface area contributed by atoms with Gasteiger partial charge in [-0.1, -0.05) is 42.5 Å². The molecule has 1 N–H and O–H groups in total. The summed E-state index contributed by atoms with van der Waals surface area (Å²) in [5.41, 5.74) is 2.60. The van der Waals surface area contributed by atoms with Crippen molar-refractivity contribution < 1.29 is 0 Å². The van der Waals surface area contributed by atoms with E-state index < -0.39 is 0 Å². The van der Waals surface area contributed by atoms with E-state index in [-0.39, 0.29) is 0 Å². The van der Waals surface area contributed by atoms with Crippen LogP contribution in [-0.2, 0) is 13.0 Å². The van der Waals surface area contributed by atoms with E-state index >= 15 is 0 Å². The molecule has 108 valence electrons. The second kappa shape index (κ2) is 7.80. The molecule has 1 unspecified atom stereocenters. The fourth-order valence-corrected chi connectivity index (χ4v) is 2.52. The monoisotopic (exact) mass is 272 g/mol. The van der Waals surface area contributed by atoms with Gasteiger partial charge in [-0.25, -0.2) is 4.68 Å². The summed E-state index contributed by atoms with van der Waals surface area (Å²) in [6.45, 7) is 3.10. The average Bonchev–Trinajstić information content (AvgIpc) is 2.93. The number of rotatable bonds is 8. The van der Waals surface area contributed by atoms with Gasteiger partial charge in [0.1, 0.15) is 0 Å². The Morgan fingerprint density at radius 3 is 2.75 bits per heavy atom. The van der Waals surface area contributed by atoms with E-state index in [9.17, 15) is 0 Å². The minimum absolute atomic E-state index is 0.334. The number of aromatic nitrogens is 3. The Morgan fingerprint density at radius 2 is 2.05 bits per heavy atom. The van der Waals surface area contributed by atoms with E-state index in [1.807, 2.05) is 17.9 Å². The van der Waals surface area contributed by atoms with Gasteiger partial charge in [-0.2, -0.15) is 0 Å². The molecule has 20 heavy (non-hydrogen) atoms. The van der Waals surface area contributed by atoms with Crippen LogP contribution >= 0.6 is 0 Å². The van der Waals surface area contributed by atoms with Crippen molar-refractivity contribution in [2.75, 3.05) is 7.05 Å². The van der Waals surface area contributed by atoms with Gasteiger partial charge in [0, 0.05) is 6.54 Å². The highest BCUT2D eigenvalue weighted by atomic mass is 15.4. The minimum atomic E-state index is 0.334. The molecule has 1 heterocycles. The van der Waals surface area contributed by atoms with E-state index in [2.05, 4.69) is 52.9 Å². The molecule has 2 rings (SSSR count). The van der Waals surface area contributed by atoms with Crippen molar-refractivity contribution in [3.63, 3.8) is 0 Å². The summed E-state index contributed by atoms with van der Waals surface area (Å²) >= 11 is 0. The first kappa shape index (κ1) is 14.7. The molecule has 4 heteroatoms. The maximum Gasteiger partial charge on any atom is 0.0756 e. The van der Waals surface area contributed by atoms with Crippen molar-refractivity contribution >= 4 is 0 Å². The lowest BCUT2D eigenvalue weighted by Crippen LogP contribution is -2.20. The van der Waals surface area contributed by atoms with Gasteiger partial charge in [-0.15, -0.1) is 5.10 Å². The predicted octanol–water partition coefficient (Wildman–Crippen LogP) is 2.97. The second-order valence-electron chi connectivity index (χ2n) is 5.10. The van der Waals surface area contributed by atoms with Crippen LogP contribution in [0.1, 0.15) is 43.5 Å². The number of hydrogen-bond acceptors (Lipinski definition) is 3. The van der Waals surface area contributed by atoms with Gasteiger partial charge in [-0.3, -0.25) is 0 Å². The zero-order chi connectivity index (χ0) is 14.2. The molecule has 1 aromatic carbocycles. The van der Waals surface area contributed by atoms with Crippen LogP contribution in [0.15, 0.2) is 36.5 Å². The summed E-state index contributed by atoms with van der Waals surface area (Å²) in [7, 11) is 2.01. The maximum absolute atomic E-state index is 4.17. The summed E-state index contributed by atoms with van der Waals surface area (Å²) in [4.78, 5) is 0. The molecule has 0 bridgehead atoms. The predicted molar refractivity (Wildman–Crippen MR) is 81.5 cm³/mol. The molecule has 0 saturated heterocycles. The fraction of sp³-hybridized carbons (Fsp3) is 0.500. The molecular weight excluding hydrogens is 248 g/mol. The third-order valence-corrected chi connectivity index (χ3v) is 3.59. The number of hydrogen-bond donors (Lipinski definition) is 1. The maximum atomic E-state index is 4.17. The molecule has 0 radical (unpaired) electrons. The summed E-state index contributed by atoms with van der Waals surface area (Å²) < 4.78 is 2.02. The van der Waals surface area contributed by atoms with Crippen LogP contribution in [0.4, 0.5) is 0 Å². The first-order chi connectivity index (χ1) is 9.85. The van der Waals surface area contributed by atoms with E-state index in [4.69, 9.17) is 0 Å². The average molecular weight is 272 g/mol. The van der Waals surface area contributed by atoms with Crippen LogP contribution in [0.3, 0.4) is 0 Å². The van der Waals surface area contributed by atoms with Crippen LogP contribution in [0.2, 0.25) is 0 Å². The van der Waals surface area contributed by atoms with Crippen LogP contribution in [-0.4, -0.2) is 22.0 Å². The largest absolute Gasteiger partial charge is 0.312 e. The van der Waals surface area contributed by atoms with Crippen molar-refractivity contribution in [1.29, 1.82) is 0 Å². The Hall–Kier alpha value is -1.68. The van der Waals surface area contributed by atoms with Gasteiger partial charge < -0.3 is 5.32 Å². The number of nitrogens with zero attached hydrogens (tertiary/aromatic N) is 3.